The van der Waals surface area contributed by atoms with Crippen LogP contribution in [-0.4, -0.2) is 33.0 Å². The van der Waals surface area contributed by atoms with Crippen molar-refractivity contribution in [3.8, 4) is 0 Å². The third-order valence-corrected chi connectivity index (χ3v) is 5.90. The van der Waals surface area contributed by atoms with Crippen LogP contribution in [0.4, 0.5) is 0 Å². The summed E-state index contributed by atoms with van der Waals surface area (Å²) < 4.78 is 1.31. The highest BCUT2D eigenvalue weighted by Crippen LogP contribution is 2.28. The number of amides is 3. The normalized spacial score (nSPS) is 15.2. The van der Waals surface area contributed by atoms with Gasteiger partial charge in [0.1, 0.15) is 5.54 Å². The predicted octanol–water partition coefficient (Wildman–Crippen LogP) is 2.19. The van der Waals surface area contributed by atoms with E-state index in [0.717, 1.165) is 38.5 Å². The molecule has 0 radical (unpaired) electrons. The Morgan fingerprint density at radius 2 is 1.72 bits per heavy atom. The highest BCUT2D eigenvalue weighted by Gasteiger charge is 2.40. The molecule has 32 heavy (non-hydrogen) atoms. The van der Waals surface area contributed by atoms with Crippen molar-refractivity contribution in [1.82, 2.24) is 25.9 Å². The molecule has 172 valence electrons. The molecule has 1 aromatic carbocycles. The van der Waals surface area contributed by atoms with E-state index in [0.29, 0.717) is 30.2 Å². The van der Waals surface area contributed by atoms with Crippen molar-refractivity contribution < 1.29 is 14.4 Å². The number of rotatable bonds is 7. The first kappa shape index (κ1) is 23.4. The summed E-state index contributed by atoms with van der Waals surface area (Å²) in [6, 6.07) is 6.80. The highest BCUT2D eigenvalue weighted by molar-refractivity contribution is 6.05. The molecule has 1 saturated carbocycles. The summed E-state index contributed by atoms with van der Waals surface area (Å²) in [4.78, 5) is 50.4. The number of unbranched alkanes of at least 4 members (excludes halogenated alkanes) is 2. The van der Waals surface area contributed by atoms with Gasteiger partial charge in [-0.2, -0.15) is 5.10 Å². The Morgan fingerprint density at radius 1 is 1.03 bits per heavy atom. The van der Waals surface area contributed by atoms with Gasteiger partial charge in [0, 0.05) is 18.9 Å². The fraction of sp³-hybridized carbons (Fsp3) is 0.522. The van der Waals surface area contributed by atoms with Crippen molar-refractivity contribution in [2.45, 2.75) is 77.3 Å². The highest BCUT2D eigenvalue weighted by atomic mass is 16.2. The molecule has 3 rings (SSSR count). The Labute approximate surface area is 186 Å². The molecule has 2 aromatic rings. The molecule has 1 aliphatic carbocycles. The Bertz CT molecular complexity index is 1060. The van der Waals surface area contributed by atoms with Gasteiger partial charge in [-0.25, -0.2) is 4.68 Å². The van der Waals surface area contributed by atoms with E-state index in [2.05, 4.69) is 28.2 Å². The maximum atomic E-state index is 13.0. The molecule has 1 heterocycles. The molecule has 0 saturated heterocycles. The number of aromatic nitrogens is 2. The van der Waals surface area contributed by atoms with Gasteiger partial charge in [-0.3, -0.25) is 30.0 Å². The molecule has 0 bridgehead atoms. The monoisotopic (exact) mass is 441 g/mol. The van der Waals surface area contributed by atoms with Crippen LogP contribution in [0.2, 0.25) is 0 Å². The van der Waals surface area contributed by atoms with Crippen LogP contribution in [0.1, 0.15) is 75.7 Å². The number of hydrazine groups is 1. The second-order valence-electron chi connectivity index (χ2n) is 8.36. The molecule has 3 amide bonds. The predicted molar refractivity (Wildman–Crippen MR) is 121 cm³/mol. The van der Waals surface area contributed by atoms with Crippen LogP contribution < -0.4 is 21.7 Å². The van der Waals surface area contributed by atoms with E-state index in [4.69, 9.17) is 0 Å². The van der Waals surface area contributed by atoms with Gasteiger partial charge in [0.2, 0.25) is 5.91 Å². The first-order valence-corrected chi connectivity index (χ1v) is 11.3. The fourth-order valence-corrected chi connectivity index (χ4v) is 4.26. The van der Waals surface area contributed by atoms with Crippen LogP contribution in [0.5, 0.6) is 0 Å². The Morgan fingerprint density at radius 3 is 2.38 bits per heavy atom. The number of carbonyl (C=O) groups is 3. The second-order valence-corrected chi connectivity index (χ2v) is 8.36. The zero-order valence-electron chi connectivity index (χ0n) is 18.7. The van der Waals surface area contributed by atoms with Crippen LogP contribution in [0.25, 0.3) is 10.8 Å². The first-order chi connectivity index (χ1) is 15.4. The Kier molecular flexibility index (Phi) is 7.61. The average Bonchev–Trinajstić information content (AvgIpc) is 2.79. The van der Waals surface area contributed by atoms with Crippen LogP contribution in [0.3, 0.4) is 0 Å². The third-order valence-electron chi connectivity index (χ3n) is 5.90. The van der Waals surface area contributed by atoms with Gasteiger partial charge in [0.15, 0.2) is 5.69 Å². The average molecular weight is 442 g/mol. The van der Waals surface area contributed by atoms with Gasteiger partial charge in [0.05, 0.1) is 5.39 Å². The molecular formula is C23H31N5O4. The molecule has 9 heteroatoms. The van der Waals surface area contributed by atoms with E-state index in [1.807, 2.05) is 0 Å². The summed E-state index contributed by atoms with van der Waals surface area (Å²) in [5.74, 6) is -1.37. The number of benzene rings is 1. The number of hydrogen-bond acceptors (Lipinski definition) is 5. The summed E-state index contributed by atoms with van der Waals surface area (Å²) >= 11 is 0. The number of aryl methyl sites for hydroxylation is 1. The molecule has 0 unspecified atom stereocenters. The van der Waals surface area contributed by atoms with E-state index >= 15 is 0 Å². The lowest BCUT2D eigenvalue weighted by atomic mass is 9.81. The van der Waals surface area contributed by atoms with Crippen molar-refractivity contribution in [3.05, 3.63) is 40.3 Å². The van der Waals surface area contributed by atoms with E-state index in [-0.39, 0.29) is 17.2 Å². The maximum Gasteiger partial charge on any atom is 0.290 e. The number of carbonyl (C=O) groups excluding carboxylic acids is 3. The molecule has 1 aromatic heterocycles. The largest absolute Gasteiger partial charge is 0.342 e. The topological polar surface area (TPSA) is 122 Å². The quantitative estimate of drug-likeness (QED) is 0.449. The smallest absolute Gasteiger partial charge is 0.290 e. The van der Waals surface area contributed by atoms with E-state index in [9.17, 15) is 19.2 Å². The number of nitrogens with zero attached hydrogens (tertiary/aromatic N) is 2. The summed E-state index contributed by atoms with van der Waals surface area (Å²) in [6.07, 6.45) is 6.37. The first-order valence-electron chi connectivity index (χ1n) is 11.3. The van der Waals surface area contributed by atoms with Gasteiger partial charge in [-0.15, -0.1) is 0 Å². The molecule has 0 atom stereocenters. The summed E-state index contributed by atoms with van der Waals surface area (Å²) in [5, 5.41) is 7.89. The zero-order valence-corrected chi connectivity index (χ0v) is 18.7. The van der Waals surface area contributed by atoms with E-state index < -0.39 is 17.4 Å². The number of nitrogens with one attached hydrogen (secondary N) is 3. The minimum Gasteiger partial charge on any atom is -0.342 e. The summed E-state index contributed by atoms with van der Waals surface area (Å²) in [7, 11) is 0. The Balaban J connectivity index is 1.83. The zero-order chi connectivity index (χ0) is 23.1. The van der Waals surface area contributed by atoms with Crippen molar-refractivity contribution in [1.29, 1.82) is 0 Å². The molecule has 3 N–H and O–H groups in total. The lowest BCUT2D eigenvalue weighted by molar-refractivity contribution is -0.134. The SMILES string of the molecule is CCCCCn1nc(C(=O)NNC(=O)C2(NC(C)=O)CCCCC2)c2ccccc2c1=O. The van der Waals surface area contributed by atoms with Crippen LogP contribution in [0, 0.1) is 0 Å². The molecule has 1 fully saturated rings. The number of fused-ring (bicyclic) bond motifs is 1. The lowest BCUT2D eigenvalue weighted by Crippen LogP contribution is -2.62. The van der Waals surface area contributed by atoms with Crippen molar-refractivity contribution >= 4 is 28.5 Å². The maximum absolute atomic E-state index is 13.0. The van der Waals surface area contributed by atoms with Gasteiger partial charge >= 0.3 is 0 Å². The van der Waals surface area contributed by atoms with Gasteiger partial charge in [-0.05, 0) is 25.3 Å². The number of hydrogen-bond donors (Lipinski definition) is 3. The van der Waals surface area contributed by atoms with E-state index in [1.165, 1.54) is 11.6 Å². The van der Waals surface area contributed by atoms with Gasteiger partial charge in [-0.1, -0.05) is 57.2 Å². The molecule has 1 aliphatic rings. The van der Waals surface area contributed by atoms with Crippen LogP contribution in [0.15, 0.2) is 29.1 Å². The lowest BCUT2D eigenvalue weighted by Gasteiger charge is -2.36. The van der Waals surface area contributed by atoms with Crippen molar-refractivity contribution in [2.75, 3.05) is 0 Å². The van der Waals surface area contributed by atoms with Crippen molar-refractivity contribution in [3.63, 3.8) is 0 Å². The molecule has 9 nitrogen and oxygen atoms in total. The Hall–Kier alpha value is -3.23. The van der Waals surface area contributed by atoms with Crippen molar-refractivity contribution in [2.24, 2.45) is 0 Å². The van der Waals surface area contributed by atoms with E-state index in [1.54, 1.807) is 24.3 Å². The van der Waals surface area contributed by atoms with Gasteiger partial charge < -0.3 is 5.32 Å². The van der Waals surface area contributed by atoms with Gasteiger partial charge in [0.25, 0.3) is 17.4 Å². The molecule has 0 aliphatic heterocycles. The minimum absolute atomic E-state index is 0.0641. The fourth-order valence-electron chi connectivity index (χ4n) is 4.26. The summed E-state index contributed by atoms with van der Waals surface area (Å²) in [5.41, 5.74) is 3.68. The summed E-state index contributed by atoms with van der Waals surface area (Å²) in [6.45, 7) is 3.86. The minimum atomic E-state index is -1.04. The third kappa shape index (κ3) is 5.15. The standard InChI is InChI=1S/C23H31N5O4/c1-3-4-10-15-28-21(31)18-12-7-6-11-17(18)19(27-28)20(30)25-26-22(32)23(24-16(2)29)13-8-5-9-14-23/h6-7,11-12H,3-5,8-10,13-15H2,1-2H3,(H,24,29)(H,25,30)(H,26,32). The van der Waals surface area contributed by atoms with Crippen LogP contribution in [-0.2, 0) is 16.1 Å². The van der Waals surface area contributed by atoms with Crippen LogP contribution >= 0.6 is 0 Å². The molecule has 0 spiro atoms. The molecular weight excluding hydrogens is 410 g/mol. The second kappa shape index (κ2) is 10.4.